The first-order chi connectivity index (χ1) is 19.3. The van der Waals surface area contributed by atoms with Gasteiger partial charge in [0.2, 0.25) is 5.96 Å². The second kappa shape index (κ2) is 13.7. The summed E-state index contributed by atoms with van der Waals surface area (Å²) < 4.78 is 5.95. The van der Waals surface area contributed by atoms with Crippen LogP contribution in [0.3, 0.4) is 0 Å². The smallest absolute Gasteiger partial charge is 0.268 e. The van der Waals surface area contributed by atoms with Gasteiger partial charge in [0.1, 0.15) is 5.75 Å². The van der Waals surface area contributed by atoms with Crippen molar-refractivity contribution in [1.29, 1.82) is 5.41 Å². The Morgan fingerprint density at radius 2 is 1.68 bits per heavy atom. The Balaban J connectivity index is 1.54. The number of hydrogen-bond donors (Lipinski definition) is 3. The fraction of sp³-hybridized carbons (Fsp3) is 0.300. The highest BCUT2D eigenvalue weighted by Crippen LogP contribution is 2.33. The number of nitrogens with two attached hydrogens (primary N) is 1. The van der Waals surface area contributed by atoms with Crippen molar-refractivity contribution in [3.8, 4) is 5.75 Å². The fourth-order valence-corrected chi connectivity index (χ4v) is 4.98. The summed E-state index contributed by atoms with van der Waals surface area (Å²) in [6.07, 6.45) is 5.44. The lowest BCUT2D eigenvalue weighted by atomic mass is 9.84. The third-order valence-electron chi connectivity index (χ3n) is 6.97. The van der Waals surface area contributed by atoms with Crippen molar-refractivity contribution in [3.05, 3.63) is 94.5 Å². The Morgan fingerprint density at radius 3 is 2.30 bits per heavy atom. The van der Waals surface area contributed by atoms with Crippen LogP contribution in [0, 0.1) is 5.41 Å². The molecule has 2 amide bonds. The van der Waals surface area contributed by atoms with Gasteiger partial charge in [0, 0.05) is 16.3 Å². The summed E-state index contributed by atoms with van der Waals surface area (Å²) in [5.41, 5.74) is 3.21. The number of amides is 2. The van der Waals surface area contributed by atoms with Crippen LogP contribution in [0.15, 0.2) is 83.1 Å². The second-order valence-corrected chi connectivity index (χ2v) is 10.2. The average molecular weight is 561 g/mol. The Bertz CT molecular complexity index is 1340. The van der Waals surface area contributed by atoms with Gasteiger partial charge in [0.25, 0.3) is 11.8 Å². The van der Waals surface area contributed by atoms with Gasteiger partial charge in [-0.2, -0.15) is 0 Å². The first-order valence-corrected chi connectivity index (χ1v) is 13.6. The Morgan fingerprint density at radius 1 is 1.02 bits per heavy atom. The molecule has 1 aliphatic carbocycles. The van der Waals surface area contributed by atoms with Crippen molar-refractivity contribution in [1.82, 2.24) is 5.32 Å². The summed E-state index contributed by atoms with van der Waals surface area (Å²) in [6.45, 7) is 2.00. The summed E-state index contributed by atoms with van der Waals surface area (Å²) in [5, 5.41) is 16.7. The van der Waals surface area contributed by atoms with E-state index in [4.69, 9.17) is 27.6 Å². The van der Waals surface area contributed by atoms with Crippen LogP contribution in [-0.4, -0.2) is 23.9 Å². The predicted molar refractivity (Wildman–Crippen MR) is 156 cm³/mol. The third-order valence-corrected chi connectivity index (χ3v) is 7.22. The molecule has 4 N–H and O–H groups in total. The maximum atomic E-state index is 13.7. The van der Waals surface area contributed by atoms with Gasteiger partial charge in [-0.05, 0) is 85.3 Å². The van der Waals surface area contributed by atoms with Crippen molar-refractivity contribution in [2.75, 3.05) is 4.90 Å². The number of halogens is 1. The molecule has 0 saturated heterocycles. The third kappa shape index (κ3) is 7.66. The van der Waals surface area contributed by atoms with E-state index in [2.05, 4.69) is 27.8 Å². The van der Waals surface area contributed by atoms with Crippen LogP contribution in [0.2, 0.25) is 5.02 Å². The predicted octanol–water partition coefficient (Wildman–Crippen LogP) is 6.38. The van der Waals surface area contributed by atoms with E-state index in [0.717, 1.165) is 11.3 Å². The number of hydrogen-bond acceptors (Lipinski definition) is 5. The largest absolute Gasteiger partial charge is 0.481 e. The second-order valence-electron chi connectivity index (χ2n) is 9.78. The molecule has 0 aliphatic heterocycles. The Hall–Kier alpha value is -4.24. The van der Waals surface area contributed by atoms with E-state index in [1.54, 1.807) is 60.4 Å². The number of nitrogens with one attached hydrogen (secondary N) is 2. The van der Waals surface area contributed by atoms with Crippen molar-refractivity contribution in [2.45, 2.75) is 57.6 Å². The zero-order valence-corrected chi connectivity index (χ0v) is 23.1. The number of nitrogens with zero attached hydrogens (tertiary/aromatic N) is 3. The molecule has 0 aromatic heterocycles. The zero-order valence-electron chi connectivity index (χ0n) is 22.3. The molecule has 1 fully saturated rings. The quantitative estimate of drug-likeness (QED) is 0.0968. The number of carbonyl (C=O) groups excluding carboxylic acids is 2. The average Bonchev–Trinajstić information content (AvgIpc) is 2.97. The minimum absolute atomic E-state index is 0.206. The molecule has 3 aromatic carbocycles. The molecule has 1 saturated carbocycles. The van der Waals surface area contributed by atoms with E-state index in [1.807, 2.05) is 12.1 Å². The Labute approximate surface area is 238 Å². The zero-order chi connectivity index (χ0) is 28.5. The molecule has 1 aliphatic rings. The molecule has 3 aromatic rings. The molecule has 1 unspecified atom stereocenters. The van der Waals surface area contributed by atoms with Crippen LogP contribution < -0.4 is 20.8 Å². The molecule has 40 heavy (non-hydrogen) atoms. The maximum absolute atomic E-state index is 13.7. The van der Waals surface area contributed by atoms with E-state index in [1.165, 1.54) is 37.7 Å². The molecular formula is C30H33ClN6O3. The summed E-state index contributed by atoms with van der Waals surface area (Å²) in [7, 11) is 0. The van der Waals surface area contributed by atoms with Crippen molar-refractivity contribution in [3.63, 3.8) is 0 Å². The lowest BCUT2D eigenvalue weighted by Gasteiger charge is -2.28. The number of guanidine groups is 1. The van der Waals surface area contributed by atoms with Gasteiger partial charge in [-0.3, -0.25) is 20.3 Å². The maximum Gasteiger partial charge on any atom is 0.268 e. The molecule has 1 atom stereocenters. The minimum Gasteiger partial charge on any atom is -0.481 e. The highest BCUT2D eigenvalue weighted by molar-refractivity contribution is 6.30. The molecular weight excluding hydrogens is 528 g/mol. The minimum atomic E-state index is -0.757. The van der Waals surface area contributed by atoms with E-state index < -0.39 is 18.0 Å². The molecule has 0 radical (unpaired) electrons. The fourth-order valence-electron chi connectivity index (χ4n) is 4.85. The molecule has 9 nitrogen and oxygen atoms in total. The molecule has 4 rings (SSSR count). The van der Waals surface area contributed by atoms with E-state index in [0.29, 0.717) is 22.3 Å². The normalized spacial score (nSPS) is 14.4. The van der Waals surface area contributed by atoms with E-state index >= 15 is 0 Å². The van der Waals surface area contributed by atoms with Gasteiger partial charge in [0.15, 0.2) is 6.10 Å². The van der Waals surface area contributed by atoms with Gasteiger partial charge in [-0.15, -0.1) is 0 Å². The van der Waals surface area contributed by atoms with E-state index in [-0.39, 0.29) is 12.5 Å². The summed E-state index contributed by atoms with van der Waals surface area (Å²) >= 11 is 5.99. The SMILES string of the molecule is CC(Oc1ccc(Cl)cc1)C(=O)N(Cc1ccc(C(=O)NC(=N)/N=N\N)cc1)c1ccc(C2CCCCC2)cc1. The van der Waals surface area contributed by atoms with Crippen LogP contribution >= 0.6 is 11.6 Å². The molecule has 0 spiro atoms. The summed E-state index contributed by atoms with van der Waals surface area (Å²) in [6, 6.07) is 21.9. The van der Waals surface area contributed by atoms with Crippen LogP contribution in [-0.2, 0) is 11.3 Å². The number of ether oxygens (including phenoxy) is 1. The van der Waals surface area contributed by atoms with Crippen molar-refractivity contribution >= 4 is 35.1 Å². The standard InChI is InChI=1S/C30H33ClN6O3/c1-20(40-27-17-13-25(31)14-18-27)29(39)37(26-15-11-23(12-16-26)22-5-3-2-4-6-22)19-21-7-9-24(10-8-21)28(38)34-30(32)35-36-33/h7-18,20,22H,2-6,19H2,1H3,(H4,32,33,34,35,38). The van der Waals surface area contributed by atoms with Gasteiger partial charge >= 0.3 is 0 Å². The van der Waals surface area contributed by atoms with Gasteiger partial charge < -0.3 is 15.5 Å². The lowest BCUT2D eigenvalue weighted by Crippen LogP contribution is -2.40. The van der Waals surface area contributed by atoms with Crippen molar-refractivity contribution in [2.24, 2.45) is 16.2 Å². The van der Waals surface area contributed by atoms with E-state index in [9.17, 15) is 9.59 Å². The highest BCUT2D eigenvalue weighted by atomic mass is 35.5. The van der Waals surface area contributed by atoms with Crippen LogP contribution in [0.25, 0.3) is 0 Å². The first-order valence-electron chi connectivity index (χ1n) is 13.3. The lowest BCUT2D eigenvalue weighted by molar-refractivity contribution is -0.124. The van der Waals surface area contributed by atoms with Crippen LogP contribution in [0.4, 0.5) is 5.69 Å². The number of rotatable bonds is 8. The number of carbonyl (C=O) groups is 2. The topological polar surface area (TPSA) is 133 Å². The summed E-state index contributed by atoms with van der Waals surface area (Å²) in [4.78, 5) is 27.8. The monoisotopic (exact) mass is 560 g/mol. The molecule has 10 heteroatoms. The molecule has 0 bridgehead atoms. The van der Waals surface area contributed by atoms with Gasteiger partial charge in [-0.1, -0.05) is 65.5 Å². The van der Waals surface area contributed by atoms with Gasteiger partial charge in [-0.25, -0.2) is 0 Å². The van der Waals surface area contributed by atoms with Crippen LogP contribution in [0.5, 0.6) is 5.75 Å². The first kappa shape index (κ1) is 28.8. The molecule has 208 valence electrons. The Kier molecular flexibility index (Phi) is 9.86. The highest BCUT2D eigenvalue weighted by Gasteiger charge is 2.25. The molecule has 0 heterocycles. The number of benzene rings is 3. The van der Waals surface area contributed by atoms with Gasteiger partial charge in [0.05, 0.1) is 6.54 Å². The number of anilines is 1. The summed E-state index contributed by atoms with van der Waals surface area (Å²) in [5.74, 6) is 4.85. The van der Waals surface area contributed by atoms with Crippen LogP contribution in [0.1, 0.15) is 66.4 Å². The van der Waals surface area contributed by atoms with Crippen molar-refractivity contribution < 1.29 is 14.3 Å².